The lowest BCUT2D eigenvalue weighted by Gasteiger charge is -2.03. The number of hydrogen-bond donors (Lipinski definition) is 2. The maximum absolute atomic E-state index is 10.4. The van der Waals surface area contributed by atoms with Crippen molar-refractivity contribution in [2.45, 2.75) is 5.03 Å². The summed E-state index contributed by atoms with van der Waals surface area (Å²) >= 11 is 0.891. The zero-order valence-electron chi connectivity index (χ0n) is 7.97. The van der Waals surface area contributed by atoms with Crippen LogP contribution in [-0.4, -0.2) is 21.8 Å². The molecule has 6 nitrogen and oxygen atoms in total. The number of carboxylic acid groups (broad SMARTS) is 1. The molecule has 3 N–H and O–H groups in total. The molecule has 1 rings (SSSR count). The summed E-state index contributed by atoms with van der Waals surface area (Å²) in [5.74, 6) is -1.24. The zero-order chi connectivity index (χ0) is 12.1. The van der Waals surface area contributed by atoms with Gasteiger partial charge in [-0.2, -0.15) is 10.5 Å². The molecule has 1 heterocycles. The van der Waals surface area contributed by atoms with E-state index in [9.17, 15) is 4.79 Å². The predicted molar refractivity (Wildman–Crippen MR) is 56.4 cm³/mol. The van der Waals surface area contributed by atoms with E-state index in [4.69, 9.17) is 21.4 Å². The molecule has 0 saturated heterocycles. The molecule has 0 bridgehead atoms. The quantitative estimate of drug-likeness (QED) is 0.733. The lowest BCUT2D eigenvalue weighted by Crippen LogP contribution is -2.02. The Bertz CT molecular complexity index is 515. The summed E-state index contributed by atoms with van der Waals surface area (Å²) in [4.78, 5) is 14.2. The van der Waals surface area contributed by atoms with Gasteiger partial charge in [-0.05, 0) is 6.07 Å². The Balaban J connectivity index is 3.11. The van der Waals surface area contributed by atoms with Crippen LogP contribution < -0.4 is 5.73 Å². The fraction of sp³-hybridized carbons (Fsp3) is 0.111. The second kappa shape index (κ2) is 5.01. The Kier molecular flexibility index (Phi) is 3.70. The normalized spacial score (nSPS) is 9.12. The second-order valence-corrected chi connectivity index (χ2v) is 3.64. The van der Waals surface area contributed by atoms with E-state index in [1.807, 2.05) is 6.07 Å². The highest BCUT2D eigenvalue weighted by molar-refractivity contribution is 7.99. The smallest absolute Gasteiger partial charge is 0.313 e. The molecular formula is C9H6N4O2S. The third-order valence-corrected chi connectivity index (χ3v) is 2.57. The summed E-state index contributed by atoms with van der Waals surface area (Å²) < 4.78 is 0. The molecule has 1 aromatic heterocycles. The number of carbonyl (C=O) groups is 1. The summed E-state index contributed by atoms with van der Waals surface area (Å²) in [7, 11) is 0. The van der Waals surface area contributed by atoms with E-state index >= 15 is 0 Å². The number of aliphatic carboxylic acids is 1. The summed E-state index contributed by atoms with van der Waals surface area (Å²) in [5.41, 5.74) is 5.72. The van der Waals surface area contributed by atoms with E-state index in [0.29, 0.717) is 0 Å². The van der Waals surface area contributed by atoms with E-state index < -0.39 is 5.97 Å². The molecule has 0 aliphatic rings. The van der Waals surface area contributed by atoms with Gasteiger partial charge in [-0.15, -0.1) is 0 Å². The third-order valence-electron chi connectivity index (χ3n) is 1.59. The molecule has 80 valence electrons. The fourth-order valence-electron chi connectivity index (χ4n) is 0.920. The molecule has 1 aromatic rings. The van der Waals surface area contributed by atoms with Crippen LogP contribution in [0.1, 0.15) is 11.1 Å². The minimum atomic E-state index is -1.02. The summed E-state index contributed by atoms with van der Waals surface area (Å²) in [5, 5.41) is 26.2. The molecule has 0 atom stereocenters. The highest BCUT2D eigenvalue weighted by Gasteiger charge is 2.11. The molecule has 0 fully saturated rings. The molecular weight excluding hydrogens is 228 g/mol. The van der Waals surface area contributed by atoms with Crippen molar-refractivity contribution in [2.75, 3.05) is 11.5 Å². The Morgan fingerprint density at radius 2 is 2.12 bits per heavy atom. The number of nitrogens with zero attached hydrogens (tertiary/aromatic N) is 3. The Labute approximate surface area is 95.3 Å². The van der Waals surface area contributed by atoms with Crippen molar-refractivity contribution >= 4 is 23.5 Å². The molecule has 16 heavy (non-hydrogen) atoms. The minimum absolute atomic E-state index is 0.00520. The van der Waals surface area contributed by atoms with Crippen LogP contribution in [0.25, 0.3) is 0 Å². The molecule has 7 heteroatoms. The first-order chi connectivity index (χ1) is 7.58. The third kappa shape index (κ3) is 2.62. The number of pyridine rings is 1. The van der Waals surface area contributed by atoms with Gasteiger partial charge in [0.25, 0.3) is 0 Å². The van der Waals surface area contributed by atoms with E-state index in [1.54, 1.807) is 6.07 Å². The van der Waals surface area contributed by atoms with Gasteiger partial charge in [0, 0.05) is 0 Å². The summed E-state index contributed by atoms with van der Waals surface area (Å²) in [6.45, 7) is 0. The van der Waals surface area contributed by atoms with Crippen LogP contribution in [0, 0.1) is 22.7 Å². The Hall–Kier alpha value is -2.25. The van der Waals surface area contributed by atoms with Crippen LogP contribution in [0.4, 0.5) is 5.82 Å². The van der Waals surface area contributed by atoms with Crippen LogP contribution in [0.3, 0.4) is 0 Å². The van der Waals surface area contributed by atoms with Gasteiger partial charge in [-0.1, -0.05) is 11.8 Å². The van der Waals surface area contributed by atoms with Gasteiger partial charge in [0.05, 0.1) is 16.9 Å². The number of nitrogen functional groups attached to an aromatic ring is 1. The van der Waals surface area contributed by atoms with E-state index in [2.05, 4.69) is 4.98 Å². The molecule has 0 aromatic carbocycles. The van der Waals surface area contributed by atoms with Crippen molar-refractivity contribution in [3.8, 4) is 12.1 Å². The van der Waals surface area contributed by atoms with Crippen molar-refractivity contribution < 1.29 is 9.90 Å². The minimum Gasteiger partial charge on any atom is -0.481 e. The lowest BCUT2D eigenvalue weighted by atomic mass is 10.2. The number of aromatic nitrogens is 1. The van der Waals surface area contributed by atoms with Crippen molar-refractivity contribution in [3.63, 3.8) is 0 Å². The maximum atomic E-state index is 10.4. The molecule has 0 aliphatic heterocycles. The van der Waals surface area contributed by atoms with E-state index in [1.165, 1.54) is 6.07 Å². The highest BCUT2D eigenvalue weighted by atomic mass is 32.2. The first-order valence-corrected chi connectivity index (χ1v) is 5.02. The van der Waals surface area contributed by atoms with Crippen LogP contribution in [0.2, 0.25) is 0 Å². The average Bonchev–Trinajstić information content (AvgIpc) is 2.26. The van der Waals surface area contributed by atoms with Crippen LogP contribution in [0.5, 0.6) is 0 Å². The highest BCUT2D eigenvalue weighted by Crippen LogP contribution is 2.23. The standard InChI is InChI=1S/C9H6N4O2S/c10-2-5-1-6(3-11)9(13-8(5)12)16-4-7(14)15/h1H,4H2,(H2,12,13)(H,14,15). The van der Waals surface area contributed by atoms with Gasteiger partial charge >= 0.3 is 5.97 Å². The number of rotatable bonds is 3. The van der Waals surface area contributed by atoms with Gasteiger partial charge in [-0.3, -0.25) is 4.79 Å². The van der Waals surface area contributed by atoms with Crippen molar-refractivity contribution in [3.05, 3.63) is 17.2 Å². The zero-order valence-corrected chi connectivity index (χ0v) is 8.78. The second-order valence-electron chi connectivity index (χ2n) is 2.68. The molecule has 0 spiro atoms. The number of nitriles is 2. The van der Waals surface area contributed by atoms with Gasteiger partial charge in [0.1, 0.15) is 23.0 Å². The largest absolute Gasteiger partial charge is 0.481 e. The van der Waals surface area contributed by atoms with Crippen molar-refractivity contribution in [2.24, 2.45) is 0 Å². The Morgan fingerprint density at radius 3 is 2.62 bits per heavy atom. The number of anilines is 1. The average molecular weight is 234 g/mol. The van der Waals surface area contributed by atoms with Crippen LogP contribution in [0.15, 0.2) is 11.1 Å². The SMILES string of the molecule is N#Cc1cc(C#N)c(SCC(=O)O)nc1N. The first-order valence-electron chi connectivity index (χ1n) is 4.03. The number of carboxylic acids is 1. The molecule has 0 radical (unpaired) electrons. The molecule has 0 aliphatic carbocycles. The topological polar surface area (TPSA) is 124 Å². The first kappa shape index (κ1) is 11.8. The van der Waals surface area contributed by atoms with Gasteiger partial charge in [0.2, 0.25) is 0 Å². The van der Waals surface area contributed by atoms with Crippen molar-refractivity contribution in [1.29, 1.82) is 10.5 Å². The van der Waals surface area contributed by atoms with Gasteiger partial charge < -0.3 is 10.8 Å². The lowest BCUT2D eigenvalue weighted by molar-refractivity contribution is -0.133. The predicted octanol–water partition coefficient (Wildman–Crippen LogP) is 0.584. The van der Waals surface area contributed by atoms with Gasteiger partial charge in [-0.25, -0.2) is 4.98 Å². The van der Waals surface area contributed by atoms with E-state index in [-0.39, 0.29) is 27.7 Å². The van der Waals surface area contributed by atoms with Crippen LogP contribution in [-0.2, 0) is 4.79 Å². The molecule has 0 amide bonds. The molecule has 0 unspecified atom stereocenters. The molecule has 0 saturated carbocycles. The Morgan fingerprint density at radius 1 is 1.50 bits per heavy atom. The van der Waals surface area contributed by atoms with Crippen LogP contribution >= 0.6 is 11.8 Å². The van der Waals surface area contributed by atoms with E-state index in [0.717, 1.165) is 11.8 Å². The summed E-state index contributed by atoms with van der Waals surface area (Å²) in [6.07, 6.45) is 0. The monoisotopic (exact) mass is 234 g/mol. The maximum Gasteiger partial charge on any atom is 0.313 e. The number of hydrogen-bond acceptors (Lipinski definition) is 6. The van der Waals surface area contributed by atoms with Gasteiger partial charge in [0.15, 0.2) is 0 Å². The number of nitrogens with two attached hydrogens (primary N) is 1. The van der Waals surface area contributed by atoms with Crippen molar-refractivity contribution in [1.82, 2.24) is 4.98 Å². The fourth-order valence-corrected chi connectivity index (χ4v) is 1.60. The summed E-state index contributed by atoms with van der Waals surface area (Å²) in [6, 6.07) is 4.93. The number of thioether (sulfide) groups is 1.